The van der Waals surface area contributed by atoms with Crippen molar-refractivity contribution in [1.29, 1.82) is 0 Å². The van der Waals surface area contributed by atoms with Crippen LogP contribution in [0.4, 0.5) is 0 Å². The predicted molar refractivity (Wildman–Crippen MR) is 37.1 cm³/mol. The molecule has 2 nitrogen and oxygen atoms in total. The molecule has 1 unspecified atom stereocenters. The van der Waals surface area contributed by atoms with Crippen LogP contribution in [-0.4, -0.2) is 18.8 Å². The van der Waals surface area contributed by atoms with E-state index in [1.54, 1.807) is 7.11 Å². The van der Waals surface area contributed by atoms with Crippen LogP contribution < -0.4 is 0 Å². The van der Waals surface area contributed by atoms with Gasteiger partial charge in [-0.25, -0.2) is 0 Å². The second-order valence-corrected chi connectivity index (χ2v) is 3.45. The minimum atomic E-state index is 0.114. The third kappa shape index (κ3) is 0.789. The van der Waals surface area contributed by atoms with Gasteiger partial charge in [0.15, 0.2) is 0 Å². The Balaban J connectivity index is 1.88. The molecule has 10 heavy (non-hydrogen) atoms. The van der Waals surface area contributed by atoms with Crippen molar-refractivity contribution in [2.45, 2.75) is 19.3 Å². The summed E-state index contributed by atoms with van der Waals surface area (Å²) in [5.41, 5.74) is 0.619. The standard InChI is InChI=1S/C8H13O2/c1-10-7(5-9)6-4-8(6)2-3-8/h6,9H,2-5H2,1H3. The molecule has 0 aliphatic heterocycles. The molecule has 2 aliphatic rings. The third-order valence-electron chi connectivity index (χ3n) is 2.89. The molecular weight excluding hydrogens is 128 g/mol. The van der Waals surface area contributed by atoms with Crippen molar-refractivity contribution in [2.24, 2.45) is 11.3 Å². The van der Waals surface area contributed by atoms with Crippen LogP contribution >= 0.6 is 0 Å². The lowest BCUT2D eigenvalue weighted by Gasteiger charge is -2.08. The molecule has 57 valence electrons. The van der Waals surface area contributed by atoms with Crippen molar-refractivity contribution >= 4 is 0 Å². The summed E-state index contributed by atoms with van der Waals surface area (Å²) in [6.45, 7) is 0.114. The molecule has 0 aromatic carbocycles. The van der Waals surface area contributed by atoms with Gasteiger partial charge in [-0.1, -0.05) is 0 Å². The Kier molecular flexibility index (Phi) is 1.29. The Morgan fingerprint density at radius 3 is 2.70 bits per heavy atom. The Morgan fingerprint density at radius 2 is 2.40 bits per heavy atom. The van der Waals surface area contributed by atoms with Gasteiger partial charge in [0.25, 0.3) is 0 Å². The Labute approximate surface area is 61.2 Å². The molecule has 2 fully saturated rings. The first-order valence-electron chi connectivity index (χ1n) is 3.83. The Morgan fingerprint density at radius 1 is 1.70 bits per heavy atom. The largest absolute Gasteiger partial charge is 0.393 e. The van der Waals surface area contributed by atoms with E-state index in [4.69, 9.17) is 9.84 Å². The summed E-state index contributed by atoms with van der Waals surface area (Å²) in [5.74, 6) is 0.600. The van der Waals surface area contributed by atoms with E-state index in [2.05, 4.69) is 0 Å². The highest BCUT2D eigenvalue weighted by Crippen LogP contribution is 2.73. The molecule has 0 aromatic heterocycles. The SMILES string of the molecule is CO[C](CO)C1CC12CC2. The number of ether oxygens (including phenoxy) is 1. The molecule has 2 heteroatoms. The maximum atomic E-state index is 8.83. The van der Waals surface area contributed by atoms with Crippen molar-refractivity contribution in [3.63, 3.8) is 0 Å². The molecular formula is C8H13O2. The number of methoxy groups -OCH3 is 1. The van der Waals surface area contributed by atoms with Gasteiger partial charge >= 0.3 is 0 Å². The summed E-state index contributed by atoms with van der Waals surface area (Å²) in [6.07, 6.45) is 4.86. The highest BCUT2D eigenvalue weighted by atomic mass is 16.5. The van der Waals surface area contributed by atoms with E-state index >= 15 is 0 Å². The maximum absolute atomic E-state index is 8.83. The fourth-order valence-corrected chi connectivity index (χ4v) is 1.83. The van der Waals surface area contributed by atoms with Gasteiger partial charge in [-0.3, -0.25) is 0 Å². The van der Waals surface area contributed by atoms with Crippen molar-refractivity contribution in [3.8, 4) is 0 Å². The van der Waals surface area contributed by atoms with Crippen LogP contribution in [0.1, 0.15) is 19.3 Å². The zero-order chi connectivity index (χ0) is 7.19. The molecule has 1 atom stereocenters. The molecule has 0 heterocycles. The molecule has 0 saturated heterocycles. The first-order chi connectivity index (χ1) is 4.82. The summed E-state index contributed by atoms with van der Waals surface area (Å²) < 4.78 is 5.07. The van der Waals surface area contributed by atoms with E-state index in [9.17, 15) is 0 Å². The molecule has 0 aromatic rings. The highest BCUT2D eigenvalue weighted by molar-refractivity contribution is 5.19. The van der Waals surface area contributed by atoms with Gasteiger partial charge in [0.2, 0.25) is 0 Å². The van der Waals surface area contributed by atoms with E-state index < -0.39 is 0 Å². The van der Waals surface area contributed by atoms with Gasteiger partial charge < -0.3 is 9.84 Å². The average Bonchev–Trinajstić information content (AvgIpc) is 2.81. The fourth-order valence-electron chi connectivity index (χ4n) is 1.83. The number of rotatable bonds is 3. The smallest absolute Gasteiger partial charge is 0.125 e. The van der Waals surface area contributed by atoms with Gasteiger partial charge in [-0.2, -0.15) is 0 Å². The topological polar surface area (TPSA) is 29.5 Å². The minimum Gasteiger partial charge on any atom is -0.393 e. The molecule has 2 rings (SSSR count). The summed E-state index contributed by atoms with van der Waals surface area (Å²) in [4.78, 5) is 0. The number of aliphatic hydroxyl groups is 1. The summed E-state index contributed by atoms with van der Waals surface area (Å²) in [7, 11) is 1.65. The summed E-state index contributed by atoms with van der Waals surface area (Å²) in [6, 6.07) is 0. The van der Waals surface area contributed by atoms with Gasteiger partial charge in [0.1, 0.15) is 6.10 Å². The lowest BCUT2D eigenvalue weighted by atomic mass is 10.2. The van der Waals surface area contributed by atoms with Crippen LogP contribution in [-0.2, 0) is 4.74 Å². The van der Waals surface area contributed by atoms with Gasteiger partial charge in [-0.15, -0.1) is 0 Å². The van der Waals surface area contributed by atoms with Crippen LogP contribution in [0.2, 0.25) is 0 Å². The molecule has 0 bridgehead atoms. The Bertz CT molecular complexity index is 136. The van der Waals surface area contributed by atoms with Gasteiger partial charge in [0, 0.05) is 7.11 Å². The van der Waals surface area contributed by atoms with Crippen LogP contribution in [0.3, 0.4) is 0 Å². The summed E-state index contributed by atoms with van der Waals surface area (Å²) in [5, 5.41) is 8.83. The average molecular weight is 141 g/mol. The lowest BCUT2D eigenvalue weighted by molar-refractivity contribution is 0.117. The zero-order valence-corrected chi connectivity index (χ0v) is 6.26. The number of aliphatic hydroxyl groups excluding tert-OH is 1. The second kappa shape index (κ2) is 1.95. The molecule has 2 aliphatic carbocycles. The van der Waals surface area contributed by atoms with Crippen molar-refractivity contribution in [1.82, 2.24) is 0 Å². The first-order valence-corrected chi connectivity index (χ1v) is 3.83. The Hall–Kier alpha value is -0.0800. The highest BCUT2D eigenvalue weighted by Gasteiger charge is 2.65. The van der Waals surface area contributed by atoms with E-state index in [-0.39, 0.29) is 6.61 Å². The molecule has 1 spiro atoms. The third-order valence-corrected chi connectivity index (χ3v) is 2.89. The van der Waals surface area contributed by atoms with Crippen molar-refractivity contribution in [2.75, 3.05) is 13.7 Å². The van der Waals surface area contributed by atoms with E-state index in [0.717, 1.165) is 6.10 Å². The number of hydrogen-bond donors (Lipinski definition) is 1. The molecule has 2 saturated carbocycles. The van der Waals surface area contributed by atoms with E-state index in [1.165, 1.54) is 19.3 Å². The monoisotopic (exact) mass is 141 g/mol. The van der Waals surface area contributed by atoms with Crippen molar-refractivity contribution in [3.05, 3.63) is 6.10 Å². The van der Waals surface area contributed by atoms with Gasteiger partial charge in [-0.05, 0) is 30.6 Å². The van der Waals surface area contributed by atoms with Crippen LogP contribution in [0.15, 0.2) is 0 Å². The van der Waals surface area contributed by atoms with E-state index in [1.807, 2.05) is 0 Å². The second-order valence-electron chi connectivity index (χ2n) is 3.45. The van der Waals surface area contributed by atoms with Crippen molar-refractivity contribution < 1.29 is 9.84 Å². The molecule has 1 radical (unpaired) electrons. The van der Waals surface area contributed by atoms with Gasteiger partial charge in [0.05, 0.1) is 6.61 Å². The predicted octanol–water partition coefficient (Wildman–Crippen LogP) is 0.957. The zero-order valence-electron chi connectivity index (χ0n) is 6.26. The lowest BCUT2D eigenvalue weighted by Crippen LogP contribution is -2.09. The molecule has 1 N–H and O–H groups in total. The van der Waals surface area contributed by atoms with Crippen LogP contribution in [0.25, 0.3) is 0 Å². The van der Waals surface area contributed by atoms with E-state index in [0.29, 0.717) is 11.3 Å². The normalized spacial score (nSPS) is 33.3. The van der Waals surface area contributed by atoms with Crippen LogP contribution in [0, 0.1) is 17.4 Å². The summed E-state index contributed by atoms with van der Waals surface area (Å²) >= 11 is 0. The fraction of sp³-hybridized carbons (Fsp3) is 0.875. The first kappa shape index (κ1) is 6.62. The molecule has 0 amide bonds. The van der Waals surface area contributed by atoms with Crippen LogP contribution in [0.5, 0.6) is 0 Å². The number of hydrogen-bond acceptors (Lipinski definition) is 2. The quantitative estimate of drug-likeness (QED) is 0.634. The maximum Gasteiger partial charge on any atom is 0.125 e. The minimum absolute atomic E-state index is 0.114.